The Bertz CT molecular complexity index is 494. The summed E-state index contributed by atoms with van der Waals surface area (Å²) in [6, 6.07) is 8.57. The molecule has 127 valence electrons. The molecule has 23 heavy (non-hydrogen) atoms. The van der Waals surface area contributed by atoms with Gasteiger partial charge in [0.25, 0.3) is 0 Å². The number of hydrogen-bond acceptors (Lipinski definition) is 4. The number of carbonyl (C=O) groups excluding carboxylic acids is 1. The molecule has 1 heterocycles. The average molecular weight is 317 g/mol. The van der Waals surface area contributed by atoms with Crippen LogP contribution in [0.5, 0.6) is 0 Å². The third kappa shape index (κ3) is 5.63. The predicted molar refractivity (Wildman–Crippen MR) is 94.8 cm³/mol. The van der Waals surface area contributed by atoms with E-state index in [2.05, 4.69) is 40.4 Å². The Kier molecular flexibility index (Phi) is 6.60. The Labute approximate surface area is 140 Å². The van der Waals surface area contributed by atoms with Crippen LogP contribution in [0.3, 0.4) is 0 Å². The van der Waals surface area contributed by atoms with Gasteiger partial charge in [-0.25, -0.2) is 0 Å². The van der Waals surface area contributed by atoms with Crippen molar-refractivity contribution < 1.29 is 9.53 Å². The Hall–Kier alpha value is -1.39. The molecule has 1 radical (unpaired) electrons. The van der Waals surface area contributed by atoms with E-state index in [9.17, 15) is 4.79 Å². The summed E-state index contributed by atoms with van der Waals surface area (Å²) in [5.74, 6) is 0. The van der Waals surface area contributed by atoms with Gasteiger partial charge in [-0.1, -0.05) is 26.0 Å². The lowest BCUT2D eigenvalue weighted by atomic mass is 9.87. The minimum atomic E-state index is -0.420. The van der Waals surface area contributed by atoms with Crippen molar-refractivity contribution in [3.05, 3.63) is 29.8 Å². The van der Waals surface area contributed by atoms with Gasteiger partial charge in [0.1, 0.15) is 0 Å². The normalized spacial score (nSPS) is 16.6. The number of piperazine rings is 1. The zero-order chi connectivity index (χ0) is 16.7. The Balaban J connectivity index is 1.89. The summed E-state index contributed by atoms with van der Waals surface area (Å²) in [6.45, 7) is 12.8. The molecule has 1 aromatic carbocycles. The van der Waals surface area contributed by atoms with Crippen LogP contribution >= 0.6 is 0 Å². The van der Waals surface area contributed by atoms with Gasteiger partial charge in [-0.3, -0.25) is 9.69 Å². The number of hydrogen-bond donors (Lipinski definition) is 0. The minimum absolute atomic E-state index is 0.420. The molecule has 1 fully saturated rings. The van der Waals surface area contributed by atoms with Gasteiger partial charge in [0.05, 0.1) is 6.61 Å². The molecular weight excluding hydrogens is 288 g/mol. The molecule has 1 saturated heterocycles. The van der Waals surface area contributed by atoms with E-state index in [-0.39, 0.29) is 0 Å². The summed E-state index contributed by atoms with van der Waals surface area (Å²) in [4.78, 5) is 15.9. The Morgan fingerprint density at radius 3 is 2.61 bits per heavy atom. The van der Waals surface area contributed by atoms with Crippen LogP contribution in [-0.4, -0.2) is 57.1 Å². The fraction of sp³-hybridized carbons (Fsp3) is 0.632. The summed E-state index contributed by atoms with van der Waals surface area (Å²) < 4.78 is 5.43. The Morgan fingerprint density at radius 2 is 1.96 bits per heavy atom. The molecular formula is C19H29N2O2. The van der Waals surface area contributed by atoms with Crippen LogP contribution in [0.25, 0.3) is 0 Å². The van der Waals surface area contributed by atoms with Crippen LogP contribution in [0.1, 0.15) is 26.3 Å². The monoisotopic (exact) mass is 317 g/mol. The highest BCUT2D eigenvalue weighted by Crippen LogP contribution is 2.23. The molecule has 2 rings (SSSR count). The fourth-order valence-electron chi connectivity index (χ4n) is 2.98. The smallest absolute Gasteiger partial charge is 0.204 e. The summed E-state index contributed by atoms with van der Waals surface area (Å²) in [5, 5.41) is 0. The third-order valence-corrected chi connectivity index (χ3v) is 4.33. The van der Waals surface area contributed by atoms with E-state index in [1.54, 1.807) is 0 Å². The molecule has 1 aliphatic rings. The van der Waals surface area contributed by atoms with E-state index in [0.717, 1.165) is 52.4 Å². The van der Waals surface area contributed by atoms with Gasteiger partial charge in [-0.2, -0.15) is 0 Å². The van der Waals surface area contributed by atoms with Crippen LogP contribution in [0, 0.1) is 5.41 Å². The molecule has 0 spiro atoms. The van der Waals surface area contributed by atoms with Crippen LogP contribution < -0.4 is 4.90 Å². The van der Waals surface area contributed by atoms with E-state index in [1.165, 1.54) is 11.3 Å². The second kappa shape index (κ2) is 8.46. The maximum atomic E-state index is 11.0. The third-order valence-electron chi connectivity index (χ3n) is 4.33. The highest BCUT2D eigenvalue weighted by Gasteiger charge is 2.20. The zero-order valence-corrected chi connectivity index (χ0v) is 14.7. The number of rotatable bonds is 8. The van der Waals surface area contributed by atoms with E-state index >= 15 is 0 Å². The van der Waals surface area contributed by atoms with Crippen molar-refractivity contribution in [1.29, 1.82) is 0 Å². The SMILES string of the molecule is CCOCCN1CCN(c2cccc(CC(C)(C)[C]=O)c2)CC1. The van der Waals surface area contributed by atoms with Gasteiger partial charge < -0.3 is 9.64 Å². The highest BCUT2D eigenvalue weighted by molar-refractivity contribution is 5.60. The first-order valence-electron chi connectivity index (χ1n) is 8.57. The second-order valence-electron chi connectivity index (χ2n) is 6.86. The maximum Gasteiger partial charge on any atom is 0.204 e. The predicted octanol–water partition coefficient (Wildman–Crippen LogP) is 2.52. The van der Waals surface area contributed by atoms with Crippen molar-refractivity contribution in [3.63, 3.8) is 0 Å². The van der Waals surface area contributed by atoms with E-state index in [4.69, 9.17) is 4.74 Å². The molecule has 0 saturated carbocycles. The quantitative estimate of drug-likeness (QED) is 0.690. The molecule has 0 bridgehead atoms. The highest BCUT2D eigenvalue weighted by atomic mass is 16.5. The number of anilines is 1. The van der Waals surface area contributed by atoms with Gasteiger partial charge in [-0.15, -0.1) is 0 Å². The molecule has 4 nitrogen and oxygen atoms in total. The lowest BCUT2D eigenvalue weighted by Crippen LogP contribution is -2.47. The van der Waals surface area contributed by atoms with Crippen molar-refractivity contribution in [3.8, 4) is 0 Å². The number of benzene rings is 1. The van der Waals surface area contributed by atoms with Gasteiger partial charge in [0.2, 0.25) is 6.29 Å². The first-order chi connectivity index (χ1) is 11.0. The van der Waals surface area contributed by atoms with Crippen molar-refractivity contribution in [2.24, 2.45) is 5.41 Å². The van der Waals surface area contributed by atoms with Crippen molar-refractivity contribution in [2.75, 3.05) is 50.8 Å². The average Bonchev–Trinajstić information content (AvgIpc) is 2.56. The molecule has 0 N–H and O–H groups in total. The summed E-state index contributed by atoms with van der Waals surface area (Å²) >= 11 is 0. The van der Waals surface area contributed by atoms with Crippen LogP contribution in [0.15, 0.2) is 24.3 Å². The first kappa shape index (κ1) is 18.0. The van der Waals surface area contributed by atoms with Gasteiger partial charge >= 0.3 is 0 Å². The number of ether oxygens (including phenoxy) is 1. The summed E-state index contributed by atoms with van der Waals surface area (Å²) in [5.41, 5.74) is 2.04. The van der Waals surface area contributed by atoms with E-state index in [1.807, 2.05) is 20.8 Å². The van der Waals surface area contributed by atoms with Crippen LogP contribution in [-0.2, 0) is 16.0 Å². The molecule has 0 aromatic heterocycles. The molecule has 4 heteroatoms. The molecule has 1 aliphatic heterocycles. The molecule has 0 amide bonds. The van der Waals surface area contributed by atoms with Crippen molar-refractivity contribution in [2.45, 2.75) is 27.2 Å². The summed E-state index contributed by atoms with van der Waals surface area (Å²) in [7, 11) is 0. The minimum Gasteiger partial charge on any atom is -0.380 e. The first-order valence-corrected chi connectivity index (χ1v) is 8.57. The lowest BCUT2D eigenvalue weighted by Gasteiger charge is -2.36. The molecule has 0 aliphatic carbocycles. The second-order valence-corrected chi connectivity index (χ2v) is 6.86. The van der Waals surface area contributed by atoms with Crippen molar-refractivity contribution in [1.82, 2.24) is 4.90 Å². The van der Waals surface area contributed by atoms with Crippen molar-refractivity contribution >= 4 is 12.0 Å². The largest absolute Gasteiger partial charge is 0.380 e. The summed E-state index contributed by atoms with van der Waals surface area (Å²) in [6.07, 6.45) is 2.87. The van der Waals surface area contributed by atoms with Gasteiger partial charge in [0.15, 0.2) is 0 Å². The maximum absolute atomic E-state index is 11.0. The molecule has 0 atom stereocenters. The Morgan fingerprint density at radius 1 is 1.22 bits per heavy atom. The van der Waals surface area contributed by atoms with Crippen LogP contribution in [0.2, 0.25) is 0 Å². The van der Waals surface area contributed by atoms with E-state index in [0.29, 0.717) is 0 Å². The molecule has 0 unspecified atom stereocenters. The topological polar surface area (TPSA) is 32.8 Å². The van der Waals surface area contributed by atoms with E-state index < -0.39 is 5.41 Å². The number of nitrogens with zero attached hydrogens (tertiary/aromatic N) is 2. The molecule has 1 aromatic rings. The fourth-order valence-corrected chi connectivity index (χ4v) is 2.98. The van der Waals surface area contributed by atoms with Crippen LogP contribution in [0.4, 0.5) is 5.69 Å². The van der Waals surface area contributed by atoms with Gasteiger partial charge in [0, 0.05) is 50.4 Å². The standard InChI is InChI=1S/C19H29N2O2/c1-4-23-13-12-20-8-10-21(11-9-20)18-7-5-6-17(14-18)15-19(2,3)16-22/h5-7,14H,4,8-13,15H2,1-3H3. The zero-order valence-electron chi connectivity index (χ0n) is 14.7. The van der Waals surface area contributed by atoms with Gasteiger partial charge in [-0.05, 0) is 31.0 Å². The lowest BCUT2D eigenvalue weighted by molar-refractivity contribution is 0.111.